The lowest BCUT2D eigenvalue weighted by molar-refractivity contribution is 0.253. The van der Waals surface area contributed by atoms with E-state index in [2.05, 4.69) is 4.98 Å². The summed E-state index contributed by atoms with van der Waals surface area (Å²) in [7, 11) is -0.909. The molecule has 2 amide bonds. The van der Waals surface area contributed by atoms with Gasteiger partial charge in [-0.2, -0.15) is 0 Å². The van der Waals surface area contributed by atoms with Crippen LogP contribution in [0.25, 0.3) is 0 Å². The van der Waals surface area contributed by atoms with Crippen molar-refractivity contribution in [3.8, 4) is 0 Å². The molecule has 1 fully saturated rings. The fraction of sp³-hybridized carbons (Fsp3) is 0.833. The maximum absolute atomic E-state index is 10.4. The maximum atomic E-state index is 10.4. The van der Waals surface area contributed by atoms with Crippen LogP contribution in [0, 0.1) is 0 Å². The van der Waals surface area contributed by atoms with Crippen LogP contribution in [0.4, 0.5) is 4.79 Å². The molecule has 0 spiro atoms. The molecule has 1 aliphatic heterocycles. The monoisotopic (exact) mass is 158 g/mol. The molecular formula is C6H14N2OSi. The smallest absolute Gasteiger partial charge is 0.304 e. The van der Waals surface area contributed by atoms with Crippen LogP contribution < -0.4 is 10.7 Å². The van der Waals surface area contributed by atoms with E-state index in [0.717, 1.165) is 0 Å². The van der Waals surface area contributed by atoms with Gasteiger partial charge in [-0.05, 0) is 12.1 Å². The van der Waals surface area contributed by atoms with Crippen molar-refractivity contribution in [3.63, 3.8) is 0 Å². The van der Waals surface area contributed by atoms with Gasteiger partial charge in [-0.3, -0.25) is 4.79 Å². The predicted octanol–water partition coefficient (Wildman–Crippen LogP) is 0.562. The minimum Gasteiger partial charge on any atom is -0.367 e. The Morgan fingerprint density at radius 2 is 1.90 bits per heavy atom. The SMILES string of the molecule is NC(=O)N[SiH]1CCCCC1. The molecule has 0 bridgehead atoms. The first-order chi connectivity index (χ1) is 4.79. The molecule has 10 heavy (non-hydrogen) atoms. The van der Waals surface area contributed by atoms with Crippen LogP contribution in [0.5, 0.6) is 0 Å². The van der Waals surface area contributed by atoms with Gasteiger partial charge in [0.05, 0.1) is 0 Å². The number of hydrogen-bond donors (Lipinski definition) is 2. The molecule has 3 N–H and O–H groups in total. The molecule has 1 heterocycles. The number of nitrogens with one attached hydrogen (secondary N) is 1. The molecule has 1 aliphatic rings. The Labute approximate surface area is 62.7 Å². The molecule has 0 unspecified atom stereocenters. The molecule has 0 aliphatic carbocycles. The highest BCUT2D eigenvalue weighted by molar-refractivity contribution is 6.59. The van der Waals surface area contributed by atoms with Crippen molar-refractivity contribution in [2.24, 2.45) is 5.73 Å². The molecule has 58 valence electrons. The van der Waals surface area contributed by atoms with E-state index in [4.69, 9.17) is 5.73 Å². The fourth-order valence-electron chi connectivity index (χ4n) is 1.45. The minimum absolute atomic E-state index is 0.321. The van der Waals surface area contributed by atoms with Gasteiger partial charge in [-0.15, -0.1) is 0 Å². The van der Waals surface area contributed by atoms with Crippen LogP contribution in [0.1, 0.15) is 19.3 Å². The predicted molar refractivity (Wildman–Crippen MR) is 43.3 cm³/mol. The van der Waals surface area contributed by atoms with E-state index in [1.165, 1.54) is 31.4 Å². The Kier molecular flexibility index (Phi) is 2.74. The molecule has 1 saturated heterocycles. The lowest BCUT2D eigenvalue weighted by atomic mass is 10.3. The molecule has 0 aromatic heterocycles. The highest BCUT2D eigenvalue weighted by Crippen LogP contribution is 2.16. The zero-order valence-electron chi connectivity index (χ0n) is 6.10. The highest BCUT2D eigenvalue weighted by Gasteiger charge is 2.15. The van der Waals surface area contributed by atoms with E-state index < -0.39 is 8.96 Å². The minimum atomic E-state index is -0.909. The topological polar surface area (TPSA) is 55.1 Å². The van der Waals surface area contributed by atoms with E-state index in [0.29, 0.717) is 0 Å². The summed E-state index contributed by atoms with van der Waals surface area (Å²) >= 11 is 0. The average molecular weight is 158 g/mol. The Bertz CT molecular complexity index is 123. The second kappa shape index (κ2) is 3.61. The van der Waals surface area contributed by atoms with Crippen molar-refractivity contribution in [1.82, 2.24) is 4.98 Å². The summed E-state index contributed by atoms with van der Waals surface area (Å²) in [5.41, 5.74) is 5.01. The van der Waals surface area contributed by atoms with Gasteiger partial charge >= 0.3 is 6.03 Å². The Morgan fingerprint density at radius 1 is 1.30 bits per heavy atom. The second-order valence-electron chi connectivity index (χ2n) is 2.84. The van der Waals surface area contributed by atoms with Gasteiger partial charge in [-0.25, -0.2) is 0 Å². The van der Waals surface area contributed by atoms with Gasteiger partial charge in [0.1, 0.15) is 8.96 Å². The number of rotatable bonds is 1. The van der Waals surface area contributed by atoms with Crippen LogP contribution in [0.15, 0.2) is 0 Å². The van der Waals surface area contributed by atoms with E-state index >= 15 is 0 Å². The van der Waals surface area contributed by atoms with Crippen molar-refractivity contribution in [3.05, 3.63) is 0 Å². The van der Waals surface area contributed by atoms with E-state index in [-0.39, 0.29) is 6.03 Å². The van der Waals surface area contributed by atoms with Crippen molar-refractivity contribution in [1.29, 1.82) is 0 Å². The van der Waals surface area contributed by atoms with Gasteiger partial charge in [0.15, 0.2) is 0 Å². The third-order valence-corrected chi connectivity index (χ3v) is 4.85. The first-order valence-corrected chi connectivity index (χ1v) is 6.06. The Hall–Kier alpha value is -0.513. The summed E-state index contributed by atoms with van der Waals surface area (Å²) in [5.74, 6) is 0. The quantitative estimate of drug-likeness (QED) is 0.538. The second-order valence-corrected chi connectivity index (χ2v) is 5.68. The van der Waals surface area contributed by atoms with Crippen molar-refractivity contribution in [2.75, 3.05) is 0 Å². The van der Waals surface area contributed by atoms with Crippen LogP contribution >= 0.6 is 0 Å². The lowest BCUT2D eigenvalue weighted by Crippen LogP contribution is -2.42. The van der Waals surface area contributed by atoms with Gasteiger partial charge in [0, 0.05) is 0 Å². The number of carbonyl (C=O) groups excluding carboxylic acids is 1. The number of primary amides is 1. The van der Waals surface area contributed by atoms with Crippen LogP contribution in [0.2, 0.25) is 12.1 Å². The molecule has 1 rings (SSSR count). The summed E-state index contributed by atoms with van der Waals surface area (Å²) in [4.78, 5) is 13.3. The summed E-state index contributed by atoms with van der Waals surface area (Å²) in [6.07, 6.45) is 3.91. The number of urea groups is 1. The normalized spacial score (nSPS) is 20.4. The summed E-state index contributed by atoms with van der Waals surface area (Å²) in [6, 6.07) is 2.16. The van der Waals surface area contributed by atoms with Gasteiger partial charge in [0.2, 0.25) is 0 Å². The average Bonchev–Trinajstić information content (AvgIpc) is 1.88. The molecule has 0 aromatic rings. The van der Waals surface area contributed by atoms with Crippen molar-refractivity contribution >= 4 is 15.0 Å². The Balaban J connectivity index is 2.19. The van der Waals surface area contributed by atoms with Crippen molar-refractivity contribution in [2.45, 2.75) is 31.4 Å². The van der Waals surface area contributed by atoms with Crippen LogP contribution in [-0.2, 0) is 0 Å². The van der Waals surface area contributed by atoms with E-state index in [1.807, 2.05) is 0 Å². The van der Waals surface area contributed by atoms with E-state index in [1.54, 1.807) is 0 Å². The third kappa shape index (κ3) is 2.39. The Morgan fingerprint density at radius 3 is 2.40 bits per heavy atom. The zero-order valence-corrected chi connectivity index (χ0v) is 7.25. The van der Waals surface area contributed by atoms with Gasteiger partial charge < -0.3 is 10.7 Å². The molecule has 3 nitrogen and oxygen atoms in total. The number of nitrogens with two attached hydrogens (primary N) is 1. The molecular weight excluding hydrogens is 144 g/mol. The van der Waals surface area contributed by atoms with Crippen LogP contribution in [-0.4, -0.2) is 15.0 Å². The van der Waals surface area contributed by atoms with Gasteiger partial charge in [-0.1, -0.05) is 19.3 Å². The molecule has 4 heteroatoms. The first kappa shape index (κ1) is 7.59. The maximum Gasteiger partial charge on any atom is 0.304 e. The largest absolute Gasteiger partial charge is 0.367 e. The van der Waals surface area contributed by atoms with Gasteiger partial charge in [0.25, 0.3) is 0 Å². The summed E-state index contributed by atoms with van der Waals surface area (Å²) in [6.45, 7) is 0. The van der Waals surface area contributed by atoms with Crippen molar-refractivity contribution < 1.29 is 4.79 Å². The fourth-order valence-corrected chi connectivity index (χ4v) is 3.99. The number of hydrogen-bond acceptors (Lipinski definition) is 1. The molecule has 0 radical (unpaired) electrons. The summed E-state index contributed by atoms with van der Waals surface area (Å²) in [5, 5.41) is 0. The first-order valence-electron chi connectivity index (χ1n) is 3.85. The number of carbonyl (C=O) groups is 1. The van der Waals surface area contributed by atoms with Crippen LogP contribution in [0.3, 0.4) is 0 Å². The standard InChI is InChI=1S/C6H14N2OSi/c7-6(9)8-10-4-2-1-3-5-10/h10H,1-5H2,(H3,7,8,9). The third-order valence-electron chi connectivity index (χ3n) is 1.95. The zero-order chi connectivity index (χ0) is 7.40. The molecule has 0 saturated carbocycles. The molecule has 0 atom stereocenters. The van der Waals surface area contributed by atoms with E-state index in [9.17, 15) is 4.79 Å². The molecule has 0 aromatic carbocycles. The summed E-state index contributed by atoms with van der Waals surface area (Å²) < 4.78 is 0. The number of amides is 2. The highest BCUT2D eigenvalue weighted by atomic mass is 28.3. The lowest BCUT2D eigenvalue weighted by Gasteiger charge is -2.19.